The molecule has 0 aliphatic heterocycles. The van der Waals surface area contributed by atoms with Gasteiger partial charge < -0.3 is 5.73 Å². The molecular formula is C15H13BrFN3. The average Bonchev–Trinajstić information content (AvgIpc) is 2.81. The normalized spacial score (nSPS) is 11.2. The lowest BCUT2D eigenvalue weighted by atomic mass is 10.2. The van der Waals surface area contributed by atoms with E-state index < -0.39 is 0 Å². The first-order chi connectivity index (χ1) is 9.69. The summed E-state index contributed by atoms with van der Waals surface area (Å²) in [7, 11) is 0. The van der Waals surface area contributed by atoms with Gasteiger partial charge in [-0.25, -0.2) is 4.39 Å². The summed E-state index contributed by atoms with van der Waals surface area (Å²) in [5, 5.41) is 5.50. The Morgan fingerprint density at radius 3 is 2.80 bits per heavy atom. The molecule has 0 spiro atoms. The molecule has 0 bridgehead atoms. The lowest BCUT2D eigenvalue weighted by Gasteiger charge is -2.06. The average molecular weight is 334 g/mol. The SMILES string of the molecule is NCc1nn(Cc2cc(Br)ccc2F)c2ccccc12. The summed E-state index contributed by atoms with van der Waals surface area (Å²) in [4.78, 5) is 0. The second kappa shape index (κ2) is 5.34. The maximum absolute atomic E-state index is 13.9. The van der Waals surface area contributed by atoms with Crippen LogP contribution in [0.1, 0.15) is 11.3 Å². The van der Waals surface area contributed by atoms with E-state index in [0.717, 1.165) is 21.1 Å². The Labute approximate surface area is 124 Å². The number of hydrogen-bond acceptors (Lipinski definition) is 2. The first-order valence-electron chi connectivity index (χ1n) is 6.27. The van der Waals surface area contributed by atoms with Crippen LogP contribution in [0.15, 0.2) is 46.9 Å². The first-order valence-corrected chi connectivity index (χ1v) is 7.07. The van der Waals surface area contributed by atoms with Crippen LogP contribution in [0.4, 0.5) is 4.39 Å². The number of nitrogens with zero attached hydrogens (tertiary/aromatic N) is 2. The monoisotopic (exact) mass is 333 g/mol. The number of nitrogens with two attached hydrogens (primary N) is 1. The van der Waals surface area contributed by atoms with Crippen LogP contribution in [0.2, 0.25) is 0 Å². The fourth-order valence-electron chi connectivity index (χ4n) is 2.29. The highest BCUT2D eigenvalue weighted by molar-refractivity contribution is 9.10. The van der Waals surface area contributed by atoms with Crippen molar-refractivity contribution in [2.45, 2.75) is 13.1 Å². The van der Waals surface area contributed by atoms with Crippen molar-refractivity contribution >= 4 is 26.8 Å². The van der Waals surface area contributed by atoms with Gasteiger partial charge in [-0.15, -0.1) is 0 Å². The van der Waals surface area contributed by atoms with Gasteiger partial charge in [0.15, 0.2) is 0 Å². The van der Waals surface area contributed by atoms with Crippen molar-refractivity contribution in [3.63, 3.8) is 0 Å². The van der Waals surface area contributed by atoms with Crippen LogP contribution in [0.25, 0.3) is 10.9 Å². The summed E-state index contributed by atoms with van der Waals surface area (Å²) in [5.74, 6) is -0.234. The zero-order chi connectivity index (χ0) is 14.1. The van der Waals surface area contributed by atoms with Crippen molar-refractivity contribution in [3.05, 3.63) is 64.0 Å². The standard InChI is InChI=1S/C15H13BrFN3/c16-11-5-6-13(17)10(7-11)9-20-15-4-2-1-3-12(15)14(8-18)19-20/h1-7H,8-9,18H2. The van der Waals surface area contributed by atoms with Gasteiger partial charge in [-0.3, -0.25) is 4.68 Å². The van der Waals surface area contributed by atoms with E-state index in [4.69, 9.17) is 5.73 Å². The molecule has 0 fully saturated rings. The van der Waals surface area contributed by atoms with Gasteiger partial charge >= 0.3 is 0 Å². The second-order valence-corrected chi connectivity index (χ2v) is 5.48. The zero-order valence-electron chi connectivity index (χ0n) is 10.7. The minimum absolute atomic E-state index is 0.234. The molecule has 0 radical (unpaired) electrons. The van der Waals surface area contributed by atoms with Crippen LogP contribution in [0, 0.1) is 5.82 Å². The molecule has 0 aliphatic rings. The van der Waals surface area contributed by atoms with Crippen LogP contribution >= 0.6 is 15.9 Å². The summed E-state index contributed by atoms with van der Waals surface area (Å²) in [6, 6.07) is 12.8. The third-order valence-electron chi connectivity index (χ3n) is 3.26. The van der Waals surface area contributed by atoms with Crippen molar-refractivity contribution in [2.75, 3.05) is 0 Å². The molecule has 2 N–H and O–H groups in total. The molecule has 1 heterocycles. The third kappa shape index (κ3) is 2.34. The maximum atomic E-state index is 13.9. The van der Waals surface area contributed by atoms with Crippen LogP contribution in [-0.4, -0.2) is 9.78 Å². The minimum Gasteiger partial charge on any atom is -0.325 e. The minimum atomic E-state index is -0.234. The highest BCUT2D eigenvalue weighted by atomic mass is 79.9. The van der Waals surface area contributed by atoms with E-state index in [1.54, 1.807) is 16.8 Å². The Kier molecular flexibility index (Phi) is 3.54. The van der Waals surface area contributed by atoms with Gasteiger partial charge in [-0.1, -0.05) is 34.1 Å². The maximum Gasteiger partial charge on any atom is 0.128 e. The predicted octanol–water partition coefficient (Wildman–Crippen LogP) is 3.44. The van der Waals surface area contributed by atoms with Gasteiger partial charge in [0, 0.05) is 22.0 Å². The molecule has 1 aromatic heterocycles. The van der Waals surface area contributed by atoms with Gasteiger partial charge in [-0.05, 0) is 24.3 Å². The zero-order valence-corrected chi connectivity index (χ0v) is 12.3. The van der Waals surface area contributed by atoms with E-state index in [-0.39, 0.29) is 5.82 Å². The molecule has 3 aromatic rings. The molecule has 0 aliphatic carbocycles. The number of fused-ring (bicyclic) bond motifs is 1. The van der Waals surface area contributed by atoms with Crippen LogP contribution in [-0.2, 0) is 13.1 Å². The molecule has 0 saturated heterocycles. The van der Waals surface area contributed by atoms with Crippen molar-refractivity contribution in [1.29, 1.82) is 0 Å². The summed E-state index contributed by atoms with van der Waals surface area (Å²) in [6.45, 7) is 0.750. The third-order valence-corrected chi connectivity index (χ3v) is 3.75. The Morgan fingerprint density at radius 2 is 2.00 bits per heavy atom. The smallest absolute Gasteiger partial charge is 0.128 e. The molecule has 3 nitrogen and oxygen atoms in total. The molecule has 0 amide bonds. The second-order valence-electron chi connectivity index (χ2n) is 4.56. The van der Waals surface area contributed by atoms with E-state index in [1.807, 2.05) is 24.3 Å². The molecule has 0 saturated carbocycles. The van der Waals surface area contributed by atoms with E-state index in [1.165, 1.54) is 6.07 Å². The van der Waals surface area contributed by atoms with Gasteiger partial charge in [0.1, 0.15) is 5.82 Å². The van der Waals surface area contributed by atoms with Crippen LogP contribution in [0.5, 0.6) is 0 Å². The highest BCUT2D eigenvalue weighted by Crippen LogP contribution is 2.21. The molecule has 20 heavy (non-hydrogen) atoms. The fourth-order valence-corrected chi connectivity index (χ4v) is 2.70. The predicted molar refractivity (Wildman–Crippen MR) is 80.8 cm³/mol. The Hall–Kier alpha value is -1.72. The van der Waals surface area contributed by atoms with Crippen LogP contribution < -0.4 is 5.73 Å². The quantitative estimate of drug-likeness (QED) is 0.797. The van der Waals surface area contributed by atoms with Gasteiger partial charge in [0.25, 0.3) is 0 Å². The first kappa shape index (κ1) is 13.3. The number of halogens is 2. The lowest BCUT2D eigenvalue weighted by Crippen LogP contribution is -2.05. The molecule has 5 heteroatoms. The Morgan fingerprint density at radius 1 is 1.20 bits per heavy atom. The number of rotatable bonds is 3. The molecular weight excluding hydrogens is 321 g/mol. The Bertz CT molecular complexity index is 767. The van der Waals surface area contributed by atoms with Gasteiger partial charge in [-0.2, -0.15) is 5.10 Å². The van der Waals surface area contributed by atoms with Crippen LogP contribution in [0.3, 0.4) is 0 Å². The van der Waals surface area contributed by atoms with Gasteiger partial charge in [0.05, 0.1) is 17.8 Å². The molecule has 3 rings (SSSR count). The van der Waals surface area contributed by atoms with E-state index >= 15 is 0 Å². The summed E-state index contributed by atoms with van der Waals surface area (Å²) in [5.41, 5.74) is 8.11. The van der Waals surface area contributed by atoms with Crippen molar-refractivity contribution in [1.82, 2.24) is 9.78 Å². The Balaban J connectivity index is 2.09. The van der Waals surface area contributed by atoms with E-state index in [9.17, 15) is 4.39 Å². The lowest BCUT2D eigenvalue weighted by molar-refractivity contribution is 0.588. The van der Waals surface area contributed by atoms with Crippen molar-refractivity contribution in [2.24, 2.45) is 5.73 Å². The van der Waals surface area contributed by atoms with E-state index in [2.05, 4.69) is 21.0 Å². The van der Waals surface area contributed by atoms with E-state index in [0.29, 0.717) is 18.7 Å². The number of hydrogen-bond donors (Lipinski definition) is 1. The number of benzene rings is 2. The topological polar surface area (TPSA) is 43.8 Å². The summed E-state index contributed by atoms with van der Waals surface area (Å²) >= 11 is 3.36. The van der Waals surface area contributed by atoms with Crippen molar-refractivity contribution in [3.8, 4) is 0 Å². The fraction of sp³-hybridized carbons (Fsp3) is 0.133. The summed E-state index contributed by atoms with van der Waals surface area (Å²) < 4.78 is 16.5. The van der Waals surface area contributed by atoms with Gasteiger partial charge in [0.2, 0.25) is 0 Å². The largest absolute Gasteiger partial charge is 0.325 e. The number of para-hydroxylation sites is 1. The summed E-state index contributed by atoms with van der Waals surface area (Å²) in [6.07, 6.45) is 0. The molecule has 0 atom stereocenters. The molecule has 2 aromatic carbocycles. The molecule has 0 unspecified atom stereocenters. The highest BCUT2D eigenvalue weighted by Gasteiger charge is 2.11. The van der Waals surface area contributed by atoms with Crippen molar-refractivity contribution < 1.29 is 4.39 Å². The molecule has 102 valence electrons. The number of aromatic nitrogens is 2.